The fourth-order valence-corrected chi connectivity index (χ4v) is 2.08. The highest BCUT2D eigenvalue weighted by Crippen LogP contribution is 2.29. The topological polar surface area (TPSA) is 0 Å². The van der Waals surface area contributed by atoms with Crippen molar-refractivity contribution in [3.05, 3.63) is 69.7 Å². The van der Waals surface area contributed by atoms with Crippen LogP contribution in [0.1, 0.15) is 16.4 Å². The second-order valence-corrected chi connectivity index (χ2v) is 4.89. The van der Waals surface area contributed by atoms with E-state index in [4.69, 9.17) is 23.2 Å². The molecule has 0 saturated carbocycles. The number of halogens is 2. The zero-order valence-electron chi connectivity index (χ0n) is 8.40. The summed E-state index contributed by atoms with van der Waals surface area (Å²) in [5, 5.41) is 1.52. The normalized spacial score (nSPS) is 10.8. The molecule has 3 heteroatoms. The molecule has 0 saturated heterocycles. The van der Waals surface area contributed by atoms with E-state index in [1.807, 2.05) is 48.5 Å². The highest BCUT2D eigenvalue weighted by atomic mass is 35.5. The Morgan fingerprint density at radius 1 is 0.688 bits per heavy atom. The van der Waals surface area contributed by atoms with Crippen molar-refractivity contribution >= 4 is 35.8 Å². The van der Waals surface area contributed by atoms with Gasteiger partial charge in [-0.05, 0) is 35.4 Å². The molecule has 0 atom stereocenters. The van der Waals surface area contributed by atoms with Crippen molar-refractivity contribution < 1.29 is 0 Å². The Morgan fingerprint density at radius 3 is 1.31 bits per heavy atom. The first kappa shape index (κ1) is 11.8. The summed E-state index contributed by atoms with van der Waals surface area (Å²) in [5.41, 5.74) is 2.24. The van der Waals surface area contributed by atoms with Crippen LogP contribution in [-0.2, 0) is 0 Å². The Labute approximate surface area is 111 Å². The van der Waals surface area contributed by atoms with Crippen LogP contribution < -0.4 is 0 Å². The van der Waals surface area contributed by atoms with Crippen LogP contribution in [0.15, 0.2) is 48.5 Å². The van der Waals surface area contributed by atoms with Gasteiger partial charge in [-0.25, -0.2) is 0 Å². The van der Waals surface area contributed by atoms with Crippen LogP contribution >= 0.6 is 35.8 Å². The van der Waals surface area contributed by atoms with E-state index in [-0.39, 0.29) is 5.25 Å². The first-order chi connectivity index (χ1) is 7.66. The lowest BCUT2D eigenvalue weighted by Gasteiger charge is -2.11. The summed E-state index contributed by atoms with van der Waals surface area (Å²) in [6.07, 6.45) is 0. The van der Waals surface area contributed by atoms with E-state index in [1.165, 1.54) is 0 Å². The standard InChI is InChI=1S/C13H10Cl2S/c14-11-5-1-9(2-6-11)13(16)10-3-7-12(15)8-4-10/h1-8,13,16H. The van der Waals surface area contributed by atoms with Gasteiger partial charge in [-0.15, -0.1) is 0 Å². The molecule has 2 rings (SSSR count). The van der Waals surface area contributed by atoms with Crippen LogP contribution in [0.3, 0.4) is 0 Å². The molecule has 2 aromatic carbocycles. The Kier molecular flexibility index (Phi) is 3.80. The number of hydrogen-bond donors (Lipinski definition) is 1. The quantitative estimate of drug-likeness (QED) is 0.728. The first-order valence-corrected chi connectivity index (χ1v) is 6.13. The highest BCUT2D eigenvalue weighted by molar-refractivity contribution is 7.80. The van der Waals surface area contributed by atoms with E-state index in [2.05, 4.69) is 12.6 Å². The Bertz CT molecular complexity index is 417. The van der Waals surface area contributed by atoms with Gasteiger partial charge in [0.05, 0.1) is 5.25 Å². The fourth-order valence-electron chi connectivity index (χ4n) is 1.48. The molecular weight excluding hydrogens is 259 g/mol. The third-order valence-corrected chi connectivity index (χ3v) is 3.47. The molecule has 0 aliphatic carbocycles. The minimum atomic E-state index is 0.0505. The van der Waals surface area contributed by atoms with Crippen LogP contribution in [-0.4, -0.2) is 0 Å². The van der Waals surface area contributed by atoms with Gasteiger partial charge in [0.15, 0.2) is 0 Å². The lowest BCUT2D eigenvalue weighted by Crippen LogP contribution is -1.92. The van der Waals surface area contributed by atoms with E-state index in [1.54, 1.807) is 0 Å². The first-order valence-electron chi connectivity index (χ1n) is 4.86. The molecule has 0 aliphatic heterocycles. The van der Waals surface area contributed by atoms with Crippen molar-refractivity contribution in [3.8, 4) is 0 Å². The van der Waals surface area contributed by atoms with E-state index in [9.17, 15) is 0 Å². The molecule has 0 aliphatic rings. The molecule has 2 aromatic rings. The van der Waals surface area contributed by atoms with Gasteiger partial charge in [-0.2, -0.15) is 12.6 Å². The van der Waals surface area contributed by atoms with Gasteiger partial charge < -0.3 is 0 Å². The zero-order valence-corrected chi connectivity index (χ0v) is 10.8. The minimum Gasteiger partial charge on any atom is -0.166 e. The van der Waals surface area contributed by atoms with E-state index in [0.29, 0.717) is 0 Å². The molecule has 0 aromatic heterocycles. The van der Waals surface area contributed by atoms with Crippen molar-refractivity contribution in [3.63, 3.8) is 0 Å². The molecule has 0 radical (unpaired) electrons. The van der Waals surface area contributed by atoms with E-state index >= 15 is 0 Å². The maximum Gasteiger partial charge on any atom is 0.0516 e. The Morgan fingerprint density at radius 2 is 1.00 bits per heavy atom. The average Bonchev–Trinajstić information content (AvgIpc) is 2.30. The van der Waals surface area contributed by atoms with Gasteiger partial charge >= 0.3 is 0 Å². The summed E-state index contributed by atoms with van der Waals surface area (Å²) in [5.74, 6) is 0. The second-order valence-electron chi connectivity index (χ2n) is 3.51. The predicted octanol–water partition coefficient (Wildman–Crippen LogP) is 5.01. The molecule has 16 heavy (non-hydrogen) atoms. The van der Waals surface area contributed by atoms with Gasteiger partial charge in [0.25, 0.3) is 0 Å². The molecule has 0 bridgehead atoms. The zero-order chi connectivity index (χ0) is 11.5. The summed E-state index contributed by atoms with van der Waals surface area (Å²) in [6, 6.07) is 15.4. The molecule has 0 spiro atoms. The number of hydrogen-bond acceptors (Lipinski definition) is 1. The van der Waals surface area contributed by atoms with Gasteiger partial charge in [0.1, 0.15) is 0 Å². The molecular formula is C13H10Cl2S. The van der Waals surface area contributed by atoms with E-state index < -0.39 is 0 Å². The fraction of sp³-hybridized carbons (Fsp3) is 0.0769. The molecule has 0 N–H and O–H groups in total. The Hall–Kier alpha value is -0.630. The maximum atomic E-state index is 5.84. The van der Waals surface area contributed by atoms with Crippen molar-refractivity contribution in [2.45, 2.75) is 5.25 Å². The van der Waals surface area contributed by atoms with Crippen LogP contribution in [0, 0.1) is 0 Å². The summed E-state index contributed by atoms with van der Waals surface area (Å²) >= 11 is 16.3. The van der Waals surface area contributed by atoms with Gasteiger partial charge in [-0.3, -0.25) is 0 Å². The maximum absolute atomic E-state index is 5.84. The van der Waals surface area contributed by atoms with Crippen molar-refractivity contribution in [2.24, 2.45) is 0 Å². The monoisotopic (exact) mass is 268 g/mol. The van der Waals surface area contributed by atoms with Crippen molar-refractivity contribution in [1.29, 1.82) is 0 Å². The summed E-state index contributed by atoms with van der Waals surface area (Å²) < 4.78 is 0. The predicted molar refractivity (Wildman–Crippen MR) is 73.7 cm³/mol. The minimum absolute atomic E-state index is 0.0505. The van der Waals surface area contributed by atoms with Gasteiger partial charge in [-0.1, -0.05) is 47.5 Å². The molecule has 0 unspecified atom stereocenters. The van der Waals surface area contributed by atoms with Crippen molar-refractivity contribution in [2.75, 3.05) is 0 Å². The Balaban J connectivity index is 2.28. The lowest BCUT2D eigenvalue weighted by molar-refractivity contribution is 1.17. The van der Waals surface area contributed by atoms with E-state index in [0.717, 1.165) is 21.2 Å². The highest BCUT2D eigenvalue weighted by Gasteiger charge is 2.08. The number of thiol groups is 1. The van der Waals surface area contributed by atoms with Crippen LogP contribution in [0.25, 0.3) is 0 Å². The van der Waals surface area contributed by atoms with Gasteiger partial charge in [0.2, 0.25) is 0 Å². The third-order valence-electron chi connectivity index (χ3n) is 2.37. The summed E-state index contributed by atoms with van der Waals surface area (Å²) in [6.45, 7) is 0. The van der Waals surface area contributed by atoms with Crippen molar-refractivity contribution in [1.82, 2.24) is 0 Å². The SMILES string of the molecule is SC(c1ccc(Cl)cc1)c1ccc(Cl)cc1. The lowest BCUT2D eigenvalue weighted by atomic mass is 10.0. The smallest absolute Gasteiger partial charge is 0.0516 e. The summed E-state index contributed by atoms with van der Waals surface area (Å²) in [4.78, 5) is 0. The summed E-state index contributed by atoms with van der Waals surface area (Å²) in [7, 11) is 0. The number of benzene rings is 2. The van der Waals surface area contributed by atoms with Crippen LogP contribution in [0.5, 0.6) is 0 Å². The van der Waals surface area contributed by atoms with Crippen LogP contribution in [0.2, 0.25) is 10.0 Å². The molecule has 0 amide bonds. The third kappa shape index (κ3) is 2.73. The molecule has 82 valence electrons. The van der Waals surface area contributed by atoms with Gasteiger partial charge in [0, 0.05) is 10.0 Å². The molecule has 0 fully saturated rings. The molecule has 0 nitrogen and oxygen atoms in total. The van der Waals surface area contributed by atoms with Crippen LogP contribution in [0.4, 0.5) is 0 Å². The molecule has 0 heterocycles. The largest absolute Gasteiger partial charge is 0.166 e. The number of rotatable bonds is 2. The second kappa shape index (κ2) is 5.13. The average molecular weight is 269 g/mol.